The Morgan fingerprint density at radius 2 is 1.74 bits per heavy atom. The largest absolute Gasteiger partial charge is 0.492 e. The number of ether oxygens (including phenoxy) is 1. The minimum absolute atomic E-state index is 0.0905. The number of aromatic nitrogens is 2. The van der Waals surface area contributed by atoms with E-state index in [0.717, 1.165) is 52.7 Å². The van der Waals surface area contributed by atoms with Gasteiger partial charge >= 0.3 is 0 Å². The molecule has 7 heteroatoms. The predicted molar refractivity (Wildman–Crippen MR) is 154 cm³/mol. The number of carbonyl (C=O) groups excluding carboxylic acids is 1. The van der Waals surface area contributed by atoms with Gasteiger partial charge in [0, 0.05) is 70.7 Å². The van der Waals surface area contributed by atoms with Crippen molar-refractivity contribution < 1.29 is 9.53 Å². The summed E-state index contributed by atoms with van der Waals surface area (Å²) in [7, 11) is 4.07. The lowest BCUT2D eigenvalue weighted by atomic mass is 9.91. The molecule has 1 aliphatic heterocycles. The molecule has 0 N–H and O–H groups in total. The first kappa shape index (κ1) is 25.6. The van der Waals surface area contributed by atoms with E-state index in [4.69, 9.17) is 9.72 Å². The summed E-state index contributed by atoms with van der Waals surface area (Å²) in [5, 5.41) is 0. The number of para-hydroxylation sites is 2. The molecule has 5 rings (SSSR count). The first-order chi connectivity index (χ1) is 18.5. The molecule has 2 aromatic heterocycles. The van der Waals surface area contributed by atoms with Crippen LogP contribution in [0, 0.1) is 6.92 Å². The maximum Gasteiger partial charge on any atom is 0.223 e. The van der Waals surface area contributed by atoms with Crippen LogP contribution in [-0.2, 0) is 4.79 Å². The molecule has 1 saturated heterocycles. The number of anilines is 2. The summed E-state index contributed by atoms with van der Waals surface area (Å²) in [6, 6.07) is 20.8. The van der Waals surface area contributed by atoms with Crippen molar-refractivity contribution in [2.45, 2.75) is 26.2 Å². The second-order valence-electron chi connectivity index (χ2n) is 10.1. The van der Waals surface area contributed by atoms with Gasteiger partial charge in [-0.1, -0.05) is 30.3 Å². The highest BCUT2D eigenvalue weighted by atomic mass is 16.5. The molecular weight excluding hydrogens is 474 g/mol. The van der Waals surface area contributed by atoms with E-state index in [0.29, 0.717) is 26.1 Å². The topological polar surface area (TPSA) is 53.3 Å². The van der Waals surface area contributed by atoms with Gasteiger partial charge in [-0.15, -0.1) is 0 Å². The van der Waals surface area contributed by atoms with Crippen molar-refractivity contribution in [3.63, 3.8) is 0 Å². The number of hydrogen-bond acceptors (Lipinski definition) is 5. The van der Waals surface area contributed by atoms with E-state index in [9.17, 15) is 4.79 Å². The second-order valence-corrected chi connectivity index (χ2v) is 10.1. The third-order valence-electron chi connectivity index (χ3n) is 7.45. The quantitative estimate of drug-likeness (QED) is 0.334. The van der Waals surface area contributed by atoms with Crippen LogP contribution in [0.2, 0.25) is 0 Å². The molecular formula is C31H37N5O2. The minimum Gasteiger partial charge on any atom is -0.492 e. The van der Waals surface area contributed by atoms with Gasteiger partial charge in [-0.05, 0) is 55.3 Å². The number of pyridine rings is 1. The van der Waals surface area contributed by atoms with Crippen molar-refractivity contribution in [3.8, 4) is 5.75 Å². The Morgan fingerprint density at radius 3 is 2.45 bits per heavy atom. The standard InChI is InChI=1S/C31H37N5O2/c1-5-38-29-11-7-6-10-27(29)34-17-19-35(20-18-34)30(37)21-26(24-12-14-25(15-13-24)33(3)4)28-22-32-31-23(2)9-8-16-36(28)31/h6-16,22,26H,5,17-21H2,1-4H3. The van der Waals surface area contributed by atoms with Crippen LogP contribution in [0.25, 0.3) is 5.65 Å². The molecule has 4 aromatic rings. The summed E-state index contributed by atoms with van der Waals surface area (Å²) in [5.74, 6) is 0.984. The molecule has 0 bridgehead atoms. The molecule has 1 amide bonds. The highest BCUT2D eigenvalue weighted by molar-refractivity contribution is 5.78. The lowest BCUT2D eigenvalue weighted by Gasteiger charge is -2.37. The number of rotatable bonds is 8. The van der Waals surface area contributed by atoms with Crippen LogP contribution in [0.5, 0.6) is 5.75 Å². The van der Waals surface area contributed by atoms with Crippen molar-refractivity contribution >= 4 is 22.9 Å². The molecule has 2 aromatic carbocycles. The van der Waals surface area contributed by atoms with Gasteiger partial charge in [0.15, 0.2) is 0 Å². The van der Waals surface area contributed by atoms with E-state index in [1.165, 1.54) is 0 Å². The highest BCUT2D eigenvalue weighted by Crippen LogP contribution is 2.32. The van der Waals surface area contributed by atoms with E-state index in [-0.39, 0.29) is 11.8 Å². The normalized spacial score (nSPS) is 14.5. The van der Waals surface area contributed by atoms with Crippen LogP contribution >= 0.6 is 0 Å². The number of hydrogen-bond donors (Lipinski definition) is 0. The average molecular weight is 512 g/mol. The number of benzene rings is 2. The van der Waals surface area contributed by atoms with E-state index in [1.807, 2.05) is 62.6 Å². The Morgan fingerprint density at radius 1 is 1.00 bits per heavy atom. The number of nitrogens with zero attached hydrogens (tertiary/aromatic N) is 5. The zero-order valence-corrected chi connectivity index (χ0v) is 22.8. The summed E-state index contributed by atoms with van der Waals surface area (Å²) in [6.07, 6.45) is 4.38. The fourth-order valence-electron chi connectivity index (χ4n) is 5.32. The van der Waals surface area contributed by atoms with Gasteiger partial charge in [-0.2, -0.15) is 0 Å². The van der Waals surface area contributed by atoms with Gasteiger partial charge < -0.3 is 23.8 Å². The molecule has 1 atom stereocenters. The van der Waals surface area contributed by atoms with Crippen LogP contribution in [0.1, 0.15) is 36.1 Å². The first-order valence-electron chi connectivity index (χ1n) is 13.4. The number of aryl methyl sites for hydroxylation is 1. The highest BCUT2D eigenvalue weighted by Gasteiger charge is 2.28. The zero-order valence-electron chi connectivity index (χ0n) is 22.8. The Bertz CT molecular complexity index is 1390. The molecule has 1 unspecified atom stereocenters. The molecule has 198 valence electrons. The number of amides is 1. The predicted octanol–water partition coefficient (Wildman–Crippen LogP) is 4.98. The lowest BCUT2D eigenvalue weighted by molar-refractivity contribution is -0.131. The number of piperazine rings is 1. The smallest absolute Gasteiger partial charge is 0.223 e. The Labute approximate surface area is 225 Å². The fraction of sp³-hybridized carbons (Fsp3) is 0.355. The third-order valence-corrected chi connectivity index (χ3v) is 7.45. The van der Waals surface area contributed by atoms with Crippen LogP contribution in [0.3, 0.4) is 0 Å². The third kappa shape index (κ3) is 5.19. The minimum atomic E-state index is -0.0905. The van der Waals surface area contributed by atoms with Crippen LogP contribution in [0.15, 0.2) is 73.1 Å². The van der Waals surface area contributed by atoms with E-state index in [2.05, 4.69) is 57.5 Å². The molecule has 0 aliphatic carbocycles. The van der Waals surface area contributed by atoms with Gasteiger partial charge in [-0.3, -0.25) is 4.79 Å². The lowest BCUT2D eigenvalue weighted by Crippen LogP contribution is -2.49. The van der Waals surface area contributed by atoms with Crippen molar-refractivity contribution in [1.29, 1.82) is 0 Å². The van der Waals surface area contributed by atoms with Gasteiger partial charge in [0.1, 0.15) is 11.4 Å². The monoisotopic (exact) mass is 511 g/mol. The molecule has 0 radical (unpaired) electrons. The Hall–Kier alpha value is -4.00. The Balaban J connectivity index is 1.37. The number of imidazole rings is 1. The summed E-state index contributed by atoms with van der Waals surface area (Å²) in [6.45, 7) is 7.66. The van der Waals surface area contributed by atoms with E-state index < -0.39 is 0 Å². The maximum atomic E-state index is 13.7. The molecule has 3 heterocycles. The summed E-state index contributed by atoms with van der Waals surface area (Å²) >= 11 is 0. The number of fused-ring (bicyclic) bond motifs is 1. The summed E-state index contributed by atoms with van der Waals surface area (Å²) in [4.78, 5) is 24.8. The summed E-state index contributed by atoms with van der Waals surface area (Å²) < 4.78 is 7.98. The van der Waals surface area contributed by atoms with E-state index >= 15 is 0 Å². The SMILES string of the molecule is CCOc1ccccc1N1CCN(C(=O)CC(c2ccc(N(C)C)cc2)c2cnc3c(C)cccn23)CC1. The molecule has 0 saturated carbocycles. The first-order valence-corrected chi connectivity index (χ1v) is 13.4. The van der Waals surface area contributed by atoms with Crippen LogP contribution < -0.4 is 14.5 Å². The van der Waals surface area contributed by atoms with Crippen molar-refractivity contribution in [1.82, 2.24) is 14.3 Å². The second kappa shape index (κ2) is 11.2. The Kier molecular flexibility index (Phi) is 7.54. The van der Waals surface area contributed by atoms with Crippen LogP contribution in [-0.4, -0.2) is 67.1 Å². The molecule has 7 nitrogen and oxygen atoms in total. The molecule has 38 heavy (non-hydrogen) atoms. The van der Waals surface area contributed by atoms with Crippen molar-refractivity contribution in [3.05, 3.63) is 89.9 Å². The van der Waals surface area contributed by atoms with Gasteiger partial charge in [0.2, 0.25) is 5.91 Å². The van der Waals surface area contributed by atoms with Gasteiger partial charge in [-0.25, -0.2) is 4.98 Å². The van der Waals surface area contributed by atoms with Crippen molar-refractivity contribution in [2.75, 3.05) is 56.7 Å². The van der Waals surface area contributed by atoms with Crippen molar-refractivity contribution in [2.24, 2.45) is 0 Å². The van der Waals surface area contributed by atoms with Gasteiger partial charge in [0.05, 0.1) is 18.0 Å². The molecule has 1 fully saturated rings. The maximum absolute atomic E-state index is 13.7. The average Bonchev–Trinajstić information content (AvgIpc) is 3.37. The zero-order chi connectivity index (χ0) is 26.6. The van der Waals surface area contributed by atoms with Crippen LogP contribution in [0.4, 0.5) is 11.4 Å². The molecule has 0 spiro atoms. The number of carbonyl (C=O) groups is 1. The summed E-state index contributed by atoms with van der Waals surface area (Å²) in [5.41, 5.74) is 6.45. The molecule has 1 aliphatic rings. The van der Waals surface area contributed by atoms with E-state index in [1.54, 1.807) is 0 Å². The fourth-order valence-corrected chi connectivity index (χ4v) is 5.32. The van der Waals surface area contributed by atoms with Gasteiger partial charge in [0.25, 0.3) is 0 Å².